The van der Waals surface area contributed by atoms with Crippen LogP contribution >= 0.6 is 11.6 Å². The van der Waals surface area contributed by atoms with E-state index >= 15 is 0 Å². The maximum atomic E-state index is 12.3. The third-order valence-electron chi connectivity index (χ3n) is 1.73. The van der Waals surface area contributed by atoms with E-state index in [9.17, 15) is 13.2 Å². The number of halogens is 4. The van der Waals surface area contributed by atoms with Crippen molar-refractivity contribution in [1.82, 2.24) is 0 Å². The van der Waals surface area contributed by atoms with Crippen molar-refractivity contribution < 1.29 is 13.2 Å². The van der Waals surface area contributed by atoms with Crippen LogP contribution in [0.3, 0.4) is 0 Å². The number of benzene rings is 1. The second-order valence-corrected chi connectivity index (χ2v) is 3.90. The molecule has 1 N–H and O–H groups in total. The molecule has 5 heteroatoms. The van der Waals surface area contributed by atoms with Crippen molar-refractivity contribution in [1.29, 1.82) is 0 Å². The molecular formula is C10H11ClF3N. The minimum absolute atomic E-state index is 0.151. The van der Waals surface area contributed by atoms with Crippen LogP contribution in [0.1, 0.15) is 19.4 Å². The molecule has 84 valence electrons. The molecule has 1 aromatic carbocycles. The van der Waals surface area contributed by atoms with Gasteiger partial charge in [0.15, 0.2) is 0 Å². The highest BCUT2D eigenvalue weighted by molar-refractivity contribution is 6.31. The summed E-state index contributed by atoms with van der Waals surface area (Å²) in [5.41, 5.74) is -0.221. The van der Waals surface area contributed by atoms with Crippen LogP contribution in [-0.2, 0) is 6.18 Å². The lowest BCUT2D eigenvalue weighted by Gasteiger charge is -2.13. The Labute approximate surface area is 91.2 Å². The molecule has 0 spiro atoms. The Morgan fingerprint density at radius 2 is 1.87 bits per heavy atom. The largest absolute Gasteiger partial charge is 0.417 e. The first-order chi connectivity index (χ1) is 6.80. The van der Waals surface area contributed by atoms with Crippen molar-refractivity contribution >= 4 is 17.3 Å². The summed E-state index contributed by atoms with van der Waals surface area (Å²) in [6.07, 6.45) is -4.40. The molecular weight excluding hydrogens is 227 g/mol. The zero-order valence-electron chi connectivity index (χ0n) is 8.32. The normalized spacial score (nSPS) is 11.9. The molecule has 0 heterocycles. The van der Waals surface area contributed by atoms with E-state index in [1.165, 1.54) is 12.1 Å². The monoisotopic (exact) mass is 237 g/mol. The second-order valence-electron chi connectivity index (χ2n) is 3.49. The van der Waals surface area contributed by atoms with Gasteiger partial charge < -0.3 is 5.32 Å². The van der Waals surface area contributed by atoms with Crippen LogP contribution in [0.2, 0.25) is 5.02 Å². The molecule has 0 saturated carbocycles. The van der Waals surface area contributed by atoms with Gasteiger partial charge in [-0.3, -0.25) is 0 Å². The van der Waals surface area contributed by atoms with Crippen molar-refractivity contribution in [2.24, 2.45) is 0 Å². The fourth-order valence-electron chi connectivity index (χ4n) is 1.17. The number of hydrogen-bond donors (Lipinski definition) is 1. The van der Waals surface area contributed by atoms with Crippen molar-refractivity contribution in [2.75, 3.05) is 5.32 Å². The number of rotatable bonds is 2. The summed E-state index contributed by atoms with van der Waals surface area (Å²) in [4.78, 5) is 0. The molecule has 0 aliphatic rings. The molecule has 0 atom stereocenters. The average molecular weight is 238 g/mol. The van der Waals surface area contributed by atoms with Gasteiger partial charge in [0, 0.05) is 11.7 Å². The van der Waals surface area contributed by atoms with E-state index in [4.69, 9.17) is 11.6 Å². The van der Waals surface area contributed by atoms with E-state index in [1.54, 1.807) is 0 Å². The third-order valence-corrected chi connectivity index (χ3v) is 2.04. The molecule has 0 saturated heterocycles. The van der Waals surface area contributed by atoms with Crippen LogP contribution in [0.4, 0.5) is 18.9 Å². The summed E-state index contributed by atoms with van der Waals surface area (Å²) in [6.45, 7) is 3.79. The van der Waals surface area contributed by atoms with Crippen molar-refractivity contribution in [3.05, 3.63) is 28.8 Å². The molecule has 0 amide bonds. The fourth-order valence-corrected chi connectivity index (χ4v) is 1.46. The Hall–Kier alpha value is -0.900. The van der Waals surface area contributed by atoms with Gasteiger partial charge in [-0.25, -0.2) is 0 Å². The Balaban J connectivity index is 2.99. The number of hydrogen-bond acceptors (Lipinski definition) is 1. The van der Waals surface area contributed by atoms with Crippen LogP contribution in [0.25, 0.3) is 0 Å². The molecule has 0 aliphatic carbocycles. The van der Waals surface area contributed by atoms with Crippen LogP contribution in [-0.4, -0.2) is 6.04 Å². The first-order valence-corrected chi connectivity index (χ1v) is 4.82. The van der Waals surface area contributed by atoms with E-state index in [2.05, 4.69) is 5.32 Å². The lowest BCUT2D eigenvalue weighted by Crippen LogP contribution is -2.11. The van der Waals surface area contributed by atoms with Crippen molar-refractivity contribution in [3.8, 4) is 0 Å². The van der Waals surface area contributed by atoms with E-state index in [0.29, 0.717) is 5.69 Å². The lowest BCUT2D eigenvalue weighted by atomic mass is 10.2. The van der Waals surface area contributed by atoms with Gasteiger partial charge in [0.1, 0.15) is 0 Å². The average Bonchev–Trinajstić information content (AvgIpc) is 1.99. The van der Waals surface area contributed by atoms with Crippen LogP contribution in [0.15, 0.2) is 18.2 Å². The third kappa shape index (κ3) is 3.30. The summed E-state index contributed by atoms with van der Waals surface area (Å²) in [5.74, 6) is 0. The van der Waals surface area contributed by atoms with Gasteiger partial charge in [-0.2, -0.15) is 13.2 Å². The SMILES string of the molecule is CC(C)Nc1ccc(C(F)(F)F)c(Cl)c1. The van der Waals surface area contributed by atoms with Gasteiger partial charge >= 0.3 is 6.18 Å². The highest BCUT2D eigenvalue weighted by Gasteiger charge is 2.32. The molecule has 0 unspecified atom stereocenters. The number of alkyl halides is 3. The first-order valence-electron chi connectivity index (χ1n) is 4.44. The van der Waals surface area contributed by atoms with E-state index in [0.717, 1.165) is 6.07 Å². The summed E-state index contributed by atoms with van der Waals surface area (Å²) in [7, 11) is 0. The topological polar surface area (TPSA) is 12.0 Å². The number of nitrogens with one attached hydrogen (secondary N) is 1. The zero-order valence-corrected chi connectivity index (χ0v) is 9.08. The summed E-state index contributed by atoms with van der Waals surface area (Å²) in [6, 6.07) is 3.78. The molecule has 0 aliphatic heterocycles. The van der Waals surface area contributed by atoms with E-state index < -0.39 is 11.7 Å². The first kappa shape index (κ1) is 12.2. The molecule has 1 aromatic rings. The fraction of sp³-hybridized carbons (Fsp3) is 0.400. The minimum atomic E-state index is -4.40. The molecule has 0 bridgehead atoms. The highest BCUT2D eigenvalue weighted by atomic mass is 35.5. The second kappa shape index (κ2) is 4.31. The Morgan fingerprint density at radius 1 is 1.27 bits per heavy atom. The van der Waals surface area contributed by atoms with Gasteiger partial charge in [-0.05, 0) is 32.0 Å². The van der Waals surface area contributed by atoms with Gasteiger partial charge in [0.2, 0.25) is 0 Å². The predicted molar refractivity (Wildman–Crippen MR) is 55.2 cm³/mol. The Bertz CT molecular complexity index is 347. The standard InChI is InChI=1S/C10H11ClF3N/c1-6(2)15-7-3-4-8(9(11)5-7)10(12,13)14/h3-6,15H,1-2H3. The quantitative estimate of drug-likeness (QED) is 0.814. The van der Waals surface area contributed by atoms with Gasteiger partial charge in [0.25, 0.3) is 0 Å². The summed E-state index contributed by atoms with van der Waals surface area (Å²) < 4.78 is 37.0. The Morgan fingerprint density at radius 3 is 2.27 bits per heavy atom. The van der Waals surface area contributed by atoms with Crippen molar-refractivity contribution in [3.63, 3.8) is 0 Å². The smallest absolute Gasteiger partial charge is 0.383 e. The maximum Gasteiger partial charge on any atom is 0.417 e. The summed E-state index contributed by atoms with van der Waals surface area (Å²) in [5, 5.41) is 2.69. The molecule has 1 nitrogen and oxygen atoms in total. The molecule has 0 fully saturated rings. The molecule has 15 heavy (non-hydrogen) atoms. The van der Waals surface area contributed by atoms with Crippen LogP contribution < -0.4 is 5.32 Å². The van der Waals surface area contributed by atoms with Crippen molar-refractivity contribution in [2.45, 2.75) is 26.1 Å². The van der Waals surface area contributed by atoms with E-state index in [1.807, 2.05) is 13.8 Å². The summed E-state index contributed by atoms with van der Waals surface area (Å²) >= 11 is 5.54. The van der Waals surface area contributed by atoms with Gasteiger partial charge in [-0.1, -0.05) is 11.6 Å². The zero-order chi connectivity index (χ0) is 11.6. The van der Waals surface area contributed by atoms with Gasteiger partial charge in [0.05, 0.1) is 10.6 Å². The Kier molecular flexibility index (Phi) is 3.50. The van der Waals surface area contributed by atoms with Crippen LogP contribution in [0.5, 0.6) is 0 Å². The van der Waals surface area contributed by atoms with Crippen LogP contribution in [0, 0.1) is 0 Å². The highest BCUT2D eigenvalue weighted by Crippen LogP contribution is 2.35. The molecule has 0 aromatic heterocycles. The lowest BCUT2D eigenvalue weighted by molar-refractivity contribution is -0.137. The maximum absolute atomic E-state index is 12.3. The molecule has 1 rings (SSSR count). The molecule has 0 radical (unpaired) electrons. The van der Waals surface area contributed by atoms with Gasteiger partial charge in [-0.15, -0.1) is 0 Å². The predicted octanol–water partition coefficient (Wildman–Crippen LogP) is 4.18. The minimum Gasteiger partial charge on any atom is -0.383 e. The number of anilines is 1. The van der Waals surface area contributed by atoms with E-state index in [-0.39, 0.29) is 11.1 Å².